The van der Waals surface area contributed by atoms with E-state index >= 15 is 0 Å². The van der Waals surface area contributed by atoms with Gasteiger partial charge in [0.05, 0.1) is 15.7 Å². The number of piperazine rings is 1. The van der Waals surface area contributed by atoms with Crippen LogP contribution in [-0.4, -0.2) is 47.6 Å². The molecular weight excluding hydrogens is 333 g/mol. The number of anilines is 3. The number of nitrogens with one attached hydrogen (secondary N) is 1. The number of benzene rings is 1. The van der Waals surface area contributed by atoms with Crippen LogP contribution in [0.25, 0.3) is 0 Å². The van der Waals surface area contributed by atoms with Crippen LogP contribution in [0.2, 0.25) is 10.0 Å². The Morgan fingerprint density at radius 3 is 2.65 bits per heavy atom. The molecule has 0 radical (unpaired) electrons. The number of halogens is 2. The van der Waals surface area contributed by atoms with E-state index in [4.69, 9.17) is 23.2 Å². The van der Waals surface area contributed by atoms with Gasteiger partial charge in [-0.15, -0.1) is 0 Å². The van der Waals surface area contributed by atoms with Crippen molar-refractivity contribution in [2.24, 2.45) is 0 Å². The SMILES string of the molecule is CCN1CCN(c2ccnc(Nc3cccc(Cl)c3Cl)n2)CC1. The van der Waals surface area contributed by atoms with Gasteiger partial charge in [-0.25, -0.2) is 4.98 Å². The molecule has 0 atom stereocenters. The Balaban J connectivity index is 1.74. The van der Waals surface area contributed by atoms with E-state index in [2.05, 4.69) is 32.0 Å². The zero-order valence-electron chi connectivity index (χ0n) is 13.0. The molecular formula is C16H19Cl2N5. The van der Waals surface area contributed by atoms with Gasteiger partial charge >= 0.3 is 0 Å². The predicted octanol–water partition coefficient (Wildman–Crippen LogP) is 3.67. The Hall–Kier alpha value is -1.56. The zero-order valence-corrected chi connectivity index (χ0v) is 14.5. The van der Waals surface area contributed by atoms with Gasteiger partial charge in [-0.3, -0.25) is 0 Å². The zero-order chi connectivity index (χ0) is 16.2. The predicted molar refractivity (Wildman–Crippen MR) is 96.1 cm³/mol. The molecule has 23 heavy (non-hydrogen) atoms. The van der Waals surface area contributed by atoms with E-state index in [1.807, 2.05) is 18.2 Å². The Bertz CT molecular complexity index is 671. The first kappa shape index (κ1) is 16.3. The minimum Gasteiger partial charge on any atom is -0.354 e. The molecule has 0 spiro atoms. The Morgan fingerprint density at radius 2 is 1.91 bits per heavy atom. The number of hydrogen-bond acceptors (Lipinski definition) is 5. The summed E-state index contributed by atoms with van der Waals surface area (Å²) in [5, 5.41) is 4.11. The van der Waals surface area contributed by atoms with E-state index in [9.17, 15) is 0 Å². The fourth-order valence-electron chi connectivity index (χ4n) is 2.60. The monoisotopic (exact) mass is 351 g/mol. The van der Waals surface area contributed by atoms with E-state index in [1.54, 1.807) is 12.3 Å². The summed E-state index contributed by atoms with van der Waals surface area (Å²) >= 11 is 12.2. The van der Waals surface area contributed by atoms with Gasteiger partial charge in [-0.2, -0.15) is 4.98 Å². The summed E-state index contributed by atoms with van der Waals surface area (Å²) in [6.07, 6.45) is 1.76. The summed E-state index contributed by atoms with van der Waals surface area (Å²) in [6, 6.07) is 7.38. The molecule has 1 aromatic heterocycles. The second-order valence-corrected chi connectivity index (χ2v) is 6.17. The normalized spacial score (nSPS) is 15.7. The molecule has 1 N–H and O–H groups in total. The third-order valence-electron chi connectivity index (χ3n) is 3.98. The summed E-state index contributed by atoms with van der Waals surface area (Å²) in [6.45, 7) is 7.35. The van der Waals surface area contributed by atoms with Crippen molar-refractivity contribution < 1.29 is 0 Å². The lowest BCUT2D eigenvalue weighted by Crippen LogP contribution is -2.46. The van der Waals surface area contributed by atoms with Crippen LogP contribution in [0.15, 0.2) is 30.5 Å². The largest absolute Gasteiger partial charge is 0.354 e. The van der Waals surface area contributed by atoms with Gasteiger partial charge in [-0.05, 0) is 24.7 Å². The third kappa shape index (κ3) is 3.86. The standard InChI is InChI=1S/C16H19Cl2N5/c1-2-22-8-10-23(11-9-22)14-6-7-19-16(21-14)20-13-5-3-4-12(17)15(13)18/h3-7H,2,8-11H2,1H3,(H,19,20,21). The number of aromatic nitrogens is 2. The van der Waals surface area contributed by atoms with Gasteiger partial charge < -0.3 is 15.1 Å². The highest BCUT2D eigenvalue weighted by Gasteiger charge is 2.17. The topological polar surface area (TPSA) is 44.3 Å². The Labute approximate surface area is 146 Å². The molecule has 0 bridgehead atoms. The van der Waals surface area contributed by atoms with Crippen LogP contribution in [0.3, 0.4) is 0 Å². The van der Waals surface area contributed by atoms with Crippen LogP contribution >= 0.6 is 23.2 Å². The first-order chi connectivity index (χ1) is 11.2. The van der Waals surface area contributed by atoms with Gasteiger partial charge in [0.25, 0.3) is 0 Å². The molecule has 2 heterocycles. The summed E-state index contributed by atoms with van der Waals surface area (Å²) < 4.78 is 0. The summed E-state index contributed by atoms with van der Waals surface area (Å²) in [4.78, 5) is 13.6. The number of hydrogen-bond donors (Lipinski definition) is 1. The van der Waals surface area contributed by atoms with Crippen molar-refractivity contribution in [2.45, 2.75) is 6.92 Å². The molecule has 1 fully saturated rings. The second kappa shape index (κ2) is 7.34. The quantitative estimate of drug-likeness (QED) is 0.910. The summed E-state index contributed by atoms with van der Waals surface area (Å²) in [5.41, 5.74) is 0.701. The van der Waals surface area contributed by atoms with E-state index < -0.39 is 0 Å². The lowest BCUT2D eigenvalue weighted by molar-refractivity contribution is 0.270. The average molecular weight is 352 g/mol. The molecule has 1 aliphatic rings. The Kier molecular flexibility index (Phi) is 5.20. The summed E-state index contributed by atoms with van der Waals surface area (Å²) in [5.74, 6) is 1.45. The lowest BCUT2D eigenvalue weighted by Gasteiger charge is -2.34. The lowest BCUT2D eigenvalue weighted by atomic mass is 10.3. The fraction of sp³-hybridized carbons (Fsp3) is 0.375. The van der Waals surface area contributed by atoms with Crippen LogP contribution in [0.5, 0.6) is 0 Å². The van der Waals surface area contributed by atoms with Crippen molar-refractivity contribution in [3.63, 3.8) is 0 Å². The fourth-order valence-corrected chi connectivity index (χ4v) is 2.95. The highest BCUT2D eigenvalue weighted by atomic mass is 35.5. The van der Waals surface area contributed by atoms with Crippen molar-refractivity contribution in [1.82, 2.24) is 14.9 Å². The van der Waals surface area contributed by atoms with Gasteiger partial charge in [0.1, 0.15) is 5.82 Å². The highest BCUT2D eigenvalue weighted by Crippen LogP contribution is 2.31. The van der Waals surface area contributed by atoms with E-state index in [0.29, 0.717) is 21.7 Å². The molecule has 1 aliphatic heterocycles. The van der Waals surface area contributed by atoms with Crippen molar-refractivity contribution in [3.05, 3.63) is 40.5 Å². The molecule has 1 aromatic carbocycles. The van der Waals surface area contributed by atoms with E-state index in [0.717, 1.165) is 38.5 Å². The first-order valence-corrected chi connectivity index (χ1v) is 8.44. The number of likely N-dealkylation sites (N-methyl/N-ethyl adjacent to an activating group) is 1. The highest BCUT2D eigenvalue weighted by molar-refractivity contribution is 6.43. The van der Waals surface area contributed by atoms with Crippen LogP contribution in [0, 0.1) is 0 Å². The Morgan fingerprint density at radius 1 is 1.13 bits per heavy atom. The van der Waals surface area contributed by atoms with Crippen molar-refractivity contribution in [2.75, 3.05) is 42.9 Å². The van der Waals surface area contributed by atoms with E-state index in [-0.39, 0.29) is 0 Å². The maximum Gasteiger partial charge on any atom is 0.229 e. The maximum atomic E-state index is 6.20. The van der Waals surface area contributed by atoms with Crippen LogP contribution in [-0.2, 0) is 0 Å². The van der Waals surface area contributed by atoms with Gasteiger partial charge in [0.2, 0.25) is 5.95 Å². The van der Waals surface area contributed by atoms with Crippen LogP contribution in [0.1, 0.15) is 6.92 Å². The minimum absolute atomic E-state index is 0.472. The van der Waals surface area contributed by atoms with E-state index in [1.165, 1.54) is 0 Å². The molecule has 0 amide bonds. The minimum atomic E-state index is 0.472. The smallest absolute Gasteiger partial charge is 0.229 e. The van der Waals surface area contributed by atoms with Gasteiger partial charge in [-0.1, -0.05) is 36.2 Å². The van der Waals surface area contributed by atoms with Crippen LogP contribution in [0.4, 0.5) is 17.5 Å². The molecule has 1 saturated heterocycles. The van der Waals surface area contributed by atoms with Gasteiger partial charge in [0.15, 0.2) is 0 Å². The molecule has 7 heteroatoms. The molecule has 2 aromatic rings. The molecule has 0 saturated carbocycles. The second-order valence-electron chi connectivity index (χ2n) is 5.39. The van der Waals surface area contributed by atoms with Crippen molar-refractivity contribution in [1.29, 1.82) is 0 Å². The van der Waals surface area contributed by atoms with Gasteiger partial charge in [0, 0.05) is 32.4 Å². The maximum absolute atomic E-state index is 6.20. The van der Waals surface area contributed by atoms with Crippen molar-refractivity contribution >= 4 is 40.7 Å². The molecule has 0 unspecified atom stereocenters. The van der Waals surface area contributed by atoms with Crippen LogP contribution < -0.4 is 10.2 Å². The number of nitrogens with zero attached hydrogens (tertiary/aromatic N) is 4. The first-order valence-electron chi connectivity index (χ1n) is 7.68. The molecule has 0 aliphatic carbocycles. The molecule has 122 valence electrons. The third-order valence-corrected chi connectivity index (χ3v) is 4.80. The summed E-state index contributed by atoms with van der Waals surface area (Å²) in [7, 11) is 0. The molecule has 3 rings (SSSR count). The number of rotatable bonds is 4. The molecule has 5 nitrogen and oxygen atoms in total. The average Bonchev–Trinajstić information content (AvgIpc) is 2.59. The van der Waals surface area contributed by atoms with Crippen molar-refractivity contribution in [3.8, 4) is 0 Å².